The Morgan fingerprint density at radius 3 is 2.31 bits per heavy atom. The number of hydrogen-bond acceptors (Lipinski definition) is 5. The molecule has 1 saturated heterocycles. The predicted molar refractivity (Wildman–Crippen MR) is 114 cm³/mol. The van der Waals surface area contributed by atoms with Gasteiger partial charge in [-0.3, -0.25) is 4.79 Å². The van der Waals surface area contributed by atoms with Crippen molar-refractivity contribution in [3.05, 3.63) is 60.2 Å². The van der Waals surface area contributed by atoms with Gasteiger partial charge in [0.15, 0.2) is 0 Å². The number of nitrogens with zero attached hydrogens (tertiary/aromatic N) is 1. The van der Waals surface area contributed by atoms with Gasteiger partial charge in [0.1, 0.15) is 11.8 Å². The van der Waals surface area contributed by atoms with E-state index < -0.39 is 32.8 Å². The summed E-state index contributed by atoms with van der Waals surface area (Å²) in [4.78, 5) is 12.4. The summed E-state index contributed by atoms with van der Waals surface area (Å²) in [5.74, 6) is 0.0397. The molecule has 2 atom stereocenters. The first-order valence-corrected chi connectivity index (χ1v) is 11.7. The Hall–Kier alpha value is -2.03. The van der Waals surface area contributed by atoms with Crippen LogP contribution in [0, 0.1) is 0 Å². The molecule has 0 aliphatic carbocycles. The molecular weight excluding hydrogens is 410 g/mol. The molecule has 0 aromatic heterocycles. The molecule has 8 heteroatoms. The van der Waals surface area contributed by atoms with E-state index in [9.17, 15) is 18.3 Å². The summed E-state index contributed by atoms with van der Waals surface area (Å²) in [6.45, 7) is 3.58. The predicted octanol–water partition coefficient (Wildman–Crippen LogP) is 3.80. The van der Waals surface area contributed by atoms with E-state index in [1.807, 2.05) is 30.3 Å². The minimum atomic E-state index is -4.09. The first-order valence-electron chi connectivity index (χ1n) is 9.28. The van der Waals surface area contributed by atoms with Crippen molar-refractivity contribution in [2.24, 2.45) is 0 Å². The fourth-order valence-electron chi connectivity index (χ4n) is 3.70. The lowest BCUT2D eigenvalue weighted by atomic mass is 9.98. The van der Waals surface area contributed by atoms with E-state index in [0.717, 1.165) is 5.56 Å². The van der Waals surface area contributed by atoms with Crippen LogP contribution in [0.1, 0.15) is 31.9 Å². The number of carboxylic acids is 1. The van der Waals surface area contributed by atoms with Gasteiger partial charge in [-0.1, -0.05) is 30.3 Å². The van der Waals surface area contributed by atoms with Crippen LogP contribution in [-0.4, -0.2) is 47.5 Å². The van der Waals surface area contributed by atoms with Crippen LogP contribution in [0.15, 0.2) is 59.5 Å². The van der Waals surface area contributed by atoms with E-state index in [-0.39, 0.29) is 4.90 Å². The molecule has 3 rings (SSSR count). The fraction of sp³-hybridized carbons (Fsp3) is 0.381. The molecule has 1 heterocycles. The lowest BCUT2D eigenvalue weighted by molar-refractivity contribution is -0.143. The monoisotopic (exact) mass is 435 g/mol. The number of benzene rings is 2. The smallest absolute Gasteiger partial charge is 0.323 e. The Morgan fingerprint density at radius 2 is 1.76 bits per heavy atom. The summed E-state index contributed by atoms with van der Waals surface area (Å²) >= 11 is 1.49. The number of methoxy groups -OCH3 is 1. The van der Waals surface area contributed by atoms with E-state index in [1.54, 1.807) is 26.0 Å². The van der Waals surface area contributed by atoms with Crippen LogP contribution in [0.4, 0.5) is 0 Å². The van der Waals surface area contributed by atoms with Crippen molar-refractivity contribution in [2.75, 3.05) is 12.9 Å². The third-order valence-corrected chi connectivity index (χ3v) is 8.43. The molecule has 6 nitrogen and oxygen atoms in total. The number of carbonyl (C=O) groups is 1. The highest BCUT2D eigenvalue weighted by Crippen LogP contribution is 2.44. The van der Waals surface area contributed by atoms with Crippen molar-refractivity contribution in [2.45, 2.75) is 42.0 Å². The van der Waals surface area contributed by atoms with Gasteiger partial charge in [-0.25, -0.2) is 8.42 Å². The molecule has 0 amide bonds. The van der Waals surface area contributed by atoms with Crippen molar-refractivity contribution in [1.82, 2.24) is 4.31 Å². The van der Waals surface area contributed by atoms with Crippen molar-refractivity contribution in [3.63, 3.8) is 0 Å². The van der Waals surface area contributed by atoms with Crippen molar-refractivity contribution in [3.8, 4) is 5.75 Å². The van der Waals surface area contributed by atoms with Gasteiger partial charge >= 0.3 is 5.97 Å². The number of carboxylic acid groups (broad SMARTS) is 1. The average molecular weight is 436 g/mol. The topological polar surface area (TPSA) is 83.9 Å². The minimum Gasteiger partial charge on any atom is -0.497 e. The van der Waals surface area contributed by atoms with Crippen LogP contribution < -0.4 is 4.74 Å². The molecule has 2 aromatic rings. The average Bonchev–Trinajstić information content (AvgIpc) is 2.84. The van der Waals surface area contributed by atoms with Crippen LogP contribution in [0.3, 0.4) is 0 Å². The molecule has 0 unspecified atom stereocenters. The number of aliphatic carboxylic acids is 1. The molecule has 0 spiro atoms. The molecular formula is C21H25NO5S2. The Labute approximate surface area is 175 Å². The van der Waals surface area contributed by atoms with Gasteiger partial charge in [-0.05, 0) is 55.9 Å². The number of hydrogen-bond donors (Lipinski definition) is 1. The maximum absolute atomic E-state index is 13.7. The lowest BCUT2D eigenvalue weighted by Crippen LogP contribution is -2.54. The van der Waals surface area contributed by atoms with Gasteiger partial charge in [0.05, 0.1) is 18.0 Å². The zero-order valence-electron chi connectivity index (χ0n) is 16.6. The number of sulfonamides is 1. The van der Waals surface area contributed by atoms with Gasteiger partial charge in [-0.2, -0.15) is 16.1 Å². The van der Waals surface area contributed by atoms with Crippen LogP contribution in [-0.2, 0) is 14.8 Å². The second kappa shape index (κ2) is 8.38. The molecule has 2 aromatic carbocycles. The van der Waals surface area contributed by atoms with Crippen molar-refractivity contribution >= 4 is 27.8 Å². The maximum atomic E-state index is 13.7. The zero-order chi connectivity index (χ0) is 21.2. The third kappa shape index (κ3) is 4.29. The fourth-order valence-corrected chi connectivity index (χ4v) is 6.92. The van der Waals surface area contributed by atoms with Crippen molar-refractivity contribution in [1.29, 1.82) is 0 Å². The molecule has 0 radical (unpaired) electrons. The van der Waals surface area contributed by atoms with Gasteiger partial charge in [0.25, 0.3) is 0 Å². The van der Waals surface area contributed by atoms with Gasteiger partial charge in [0, 0.05) is 4.75 Å². The quantitative estimate of drug-likeness (QED) is 0.769. The van der Waals surface area contributed by atoms with Crippen molar-refractivity contribution < 1.29 is 23.1 Å². The van der Waals surface area contributed by atoms with Crippen LogP contribution in [0.5, 0.6) is 5.75 Å². The molecule has 1 fully saturated rings. The van der Waals surface area contributed by atoms with E-state index >= 15 is 0 Å². The maximum Gasteiger partial charge on any atom is 0.323 e. The molecule has 1 aliphatic rings. The molecule has 0 bridgehead atoms. The molecule has 1 N–H and O–H groups in total. The first kappa shape index (κ1) is 21.7. The molecule has 156 valence electrons. The SMILES string of the molecule is COc1ccc(S(=O)(=O)N2[C@@H](C(=O)O)C(C)(C)SCC[C@H]2c2ccccc2)cc1. The van der Waals surface area contributed by atoms with Gasteiger partial charge < -0.3 is 9.84 Å². The Morgan fingerprint density at radius 1 is 1.14 bits per heavy atom. The number of rotatable bonds is 5. The second-order valence-corrected chi connectivity index (χ2v) is 11.0. The highest BCUT2D eigenvalue weighted by molar-refractivity contribution is 8.00. The van der Waals surface area contributed by atoms with E-state index in [4.69, 9.17) is 4.74 Å². The summed E-state index contributed by atoms with van der Waals surface area (Å²) in [7, 11) is -2.59. The number of thioether (sulfide) groups is 1. The summed E-state index contributed by atoms with van der Waals surface area (Å²) in [6.07, 6.45) is 0.525. The Balaban J connectivity index is 2.20. The van der Waals surface area contributed by atoms with Crippen LogP contribution in [0.25, 0.3) is 0 Å². The van der Waals surface area contributed by atoms with Crippen LogP contribution >= 0.6 is 11.8 Å². The molecule has 1 aliphatic heterocycles. The highest BCUT2D eigenvalue weighted by atomic mass is 32.2. The van der Waals surface area contributed by atoms with Gasteiger partial charge in [0.2, 0.25) is 10.0 Å². The molecule has 0 saturated carbocycles. The second-order valence-electron chi connectivity index (χ2n) is 7.42. The standard InChI is InChI=1S/C21H25NO5S2/c1-21(2)19(20(23)24)22(18(13-14-28-21)15-7-5-4-6-8-15)29(25,26)17-11-9-16(27-3)10-12-17/h4-12,18-19H,13-14H2,1-3H3,(H,23,24)/t18-,19-/m0/s1. The minimum absolute atomic E-state index is 0.0492. The largest absolute Gasteiger partial charge is 0.497 e. The number of ether oxygens (including phenoxy) is 1. The summed E-state index contributed by atoms with van der Waals surface area (Å²) in [5, 5.41) is 10.1. The summed E-state index contributed by atoms with van der Waals surface area (Å²) in [6, 6.07) is 13.5. The molecule has 29 heavy (non-hydrogen) atoms. The Kier molecular flexibility index (Phi) is 6.26. The lowest BCUT2D eigenvalue weighted by Gasteiger charge is -2.39. The van der Waals surface area contributed by atoms with E-state index in [1.165, 1.54) is 35.3 Å². The van der Waals surface area contributed by atoms with E-state index in [2.05, 4.69) is 0 Å². The Bertz CT molecular complexity index is 958. The van der Waals surface area contributed by atoms with Crippen LogP contribution in [0.2, 0.25) is 0 Å². The first-order chi connectivity index (χ1) is 13.7. The zero-order valence-corrected chi connectivity index (χ0v) is 18.2. The normalized spacial score (nSPS) is 22.6. The van der Waals surface area contributed by atoms with E-state index in [0.29, 0.717) is 17.9 Å². The highest BCUT2D eigenvalue weighted by Gasteiger charge is 2.50. The summed E-state index contributed by atoms with van der Waals surface area (Å²) in [5.41, 5.74) is 0.786. The third-order valence-electron chi connectivity index (χ3n) is 5.14. The summed E-state index contributed by atoms with van der Waals surface area (Å²) < 4.78 is 33.0. The van der Waals surface area contributed by atoms with Gasteiger partial charge in [-0.15, -0.1) is 0 Å².